The quantitative estimate of drug-likeness (QED) is 0.408. The van der Waals surface area contributed by atoms with Crippen LogP contribution in [0.3, 0.4) is 0 Å². The van der Waals surface area contributed by atoms with Gasteiger partial charge in [0.05, 0.1) is 13.1 Å². The molecule has 10 heteroatoms. The monoisotopic (exact) mass is 394 g/mol. The van der Waals surface area contributed by atoms with E-state index in [9.17, 15) is 14.4 Å². The highest BCUT2D eigenvalue weighted by Gasteiger charge is 2.21. The van der Waals surface area contributed by atoms with Crippen LogP contribution in [0.5, 0.6) is 5.75 Å². The third kappa shape index (κ3) is 7.05. The molecule has 2 rings (SSSR count). The Balaban J connectivity index is 1.64. The Labute approximate surface area is 162 Å². The van der Waals surface area contributed by atoms with Crippen molar-refractivity contribution in [3.05, 3.63) is 29.8 Å². The van der Waals surface area contributed by atoms with Crippen LogP contribution >= 0.6 is 0 Å². The number of urea groups is 1. The van der Waals surface area contributed by atoms with Crippen molar-refractivity contribution in [1.82, 2.24) is 15.1 Å². The molecule has 0 saturated carbocycles. The molecular weight excluding hydrogens is 368 g/mol. The first-order chi connectivity index (χ1) is 13.3. The molecule has 0 unspecified atom stereocenters. The number of piperazine rings is 1. The number of benzene rings is 1. The first kappa shape index (κ1) is 21.5. The van der Waals surface area contributed by atoms with E-state index in [1.807, 2.05) is 0 Å². The smallest absolute Gasteiger partial charge is 0.320 e. The van der Waals surface area contributed by atoms with Crippen molar-refractivity contribution in [2.75, 3.05) is 45.9 Å². The van der Waals surface area contributed by atoms with Crippen LogP contribution in [-0.2, 0) is 16.0 Å². The minimum atomic E-state index is -1.04. The molecule has 0 aromatic heterocycles. The summed E-state index contributed by atoms with van der Waals surface area (Å²) in [6.45, 7) is 2.66. The SMILES string of the molecule is N[C@H](Cc1ccc(OCCNC(=O)N2CCN(CC(=O)O)CC2)cc1)C(=O)O. The third-order valence-electron chi connectivity index (χ3n) is 4.36. The van der Waals surface area contributed by atoms with Gasteiger partial charge in [-0.2, -0.15) is 0 Å². The van der Waals surface area contributed by atoms with Crippen LogP contribution in [0.15, 0.2) is 24.3 Å². The number of nitrogens with one attached hydrogen (secondary N) is 1. The average Bonchev–Trinajstić information content (AvgIpc) is 2.66. The molecule has 5 N–H and O–H groups in total. The molecule has 0 spiro atoms. The summed E-state index contributed by atoms with van der Waals surface area (Å²) in [6.07, 6.45) is 0.241. The van der Waals surface area contributed by atoms with E-state index < -0.39 is 18.0 Å². The zero-order chi connectivity index (χ0) is 20.5. The fourth-order valence-corrected chi connectivity index (χ4v) is 2.80. The zero-order valence-corrected chi connectivity index (χ0v) is 15.5. The van der Waals surface area contributed by atoms with Crippen molar-refractivity contribution in [3.8, 4) is 5.75 Å². The zero-order valence-electron chi connectivity index (χ0n) is 15.5. The van der Waals surface area contributed by atoms with Gasteiger partial charge in [0, 0.05) is 26.2 Å². The predicted octanol–water partition coefficient (Wildman–Crippen LogP) is -0.568. The van der Waals surface area contributed by atoms with E-state index in [2.05, 4.69) is 5.32 Å². The molecule has 1 fully saturated rings. The van der Waals surface area contributed by atoms with Gasteiger partial charge >= 0.3 is 18.0 Å². The Morgan fingerprint density at radius 1 is 1.11 bits per heavy atom. The van der Waals surface area contributed by atoms with Gasteiger partial charge in [-0.1, -0.05) is 12.1 Å². The van der Waals surface area contributed by atoms with Gasteiger partial charge in [-0.05, 0) is 24.1 Å². The lowest BCUT2D eigenvalue weighted by Crippen LogP contribution is -2.53. The Hall–Kier alpha value is -2.85. The second-order valence-electron chi connectivity index (χ2n) is 6.53. The minimum Gasteiger partial charge on any atom is -0.492 e. The standard InChI is InChI=1S/C18H26N4O6/c19-15(17(25)26)11-13-1-3-14(4-2-13)28-10-5-20-18(27)22-8-6-21(7-9-22)12-16(23)24/h1-4,15H,5-12,19H2,(H,20,27)(H,23,24)(H,25,26)/t15-/m1/s1. The highest BCUT2D eigenvalue weighted by atomic mass is 16.5. The lowest BCUT2D eigenvalue weighted by Gasteiger charge is -2.33. The van der Waals surface area contributed by atoms with Gasteiger partial charge in [0.1, 0.15) is 18.4 Å². The largest absolute Gasteiger partial charge is 0.492 e. The number of ether oxygens (including phenoxy) is 1. The Morgan fingerprint density at radius 3 is 2.32 bits per heavy atom. The van der Waals surface area contributed by atoms with Gasteiger partial charge in [-0.15, -0.1) is 0 Å². The Bertz CT molecular complexity index is 673. The first-order valence-corrected chi connectivity index (χ1v) is 9.02. The highest BCUT2D eigenvalue weighted by Crippen LogP contribution is 2.13. The number of nitrogens with two attached hydrogens (primary N) is 1. The number of hydrogen-bond donors (Lipinski definition) is 4. The van der Waals surface area contributed by atoms with Crippen LogP contribution in [0.2, 0.25) is 0 Å². The van der Waals surface area contributed by atoms with E-state index in [1.54, 1.807) is 34.1 Å². The molecule has 1 aliphatic rings. The topological polar surface area (TPSA) is 145 Å². The molecule has 1 aliphatic heterocycles. The number of carboxylic acid groups (broad SMARTS) is 2. The fraction of sp³-hybridized carbons (Fsp3) is 0.500. The van der Waals surface area contributed by atoms with Crippen molar-refractivity contribution in [1.29, 1.82) is 0 Å². The Kier molecular flexibility index (Phi) is 8.02. The number of carbonyl (C=O) groups is 3. The predicted molar refractivity (Wildman–Crippen MR) is 100 cm³/mol. The number of hydrogen-bond acceptors (Lipinski definition) is 6. The van der Waals surface area contributed by atoms with E-state index in [-0.39, 0.29) is 19.0 Å². The van der Waals surface area contributed by atoms with Gasteiger partial charge in [-0.25, -0.2) is 4.79 Å². The molecule has 1 aromatic rings. The minimum absolute atomic E-state index is 0.00959. The van der Waals surface area contributed by atoms with Crippen LogP contribution < -0.4 is 15.8 Å². The van der Waals surface area contributed by atoms with Gasteiger partial charge in [0.25, 0.3) is 0 Å². The van der Waals surface area contributed by atoms with Crippen molar-refractivity contribution in [3.63, 3.8) is 0 Å². The second-order valence-corrected chi connectivity index (χ2v) is 6.53. The maximum absolute atomic E-state index is 12.1. The normalized spacial score (nSPS) is 15.7. The molecule has 10 nitrogen and oxygen atoms in total. The number of nitrogens with zero attached hydrogens (tertiary/aromatic N) is 2. The number of carbonyl (C=O) groups excluding carboxylic acids is 1. The van der Waals surface area contributed by atoms with Gasteiger partial charge in [-0.3, -0.25) is 14.5 Å². The summed E-state index contributed by atoms with van der Waals surface area (Å²) >= 11 is 0. The van der Waals surface area contributed by atoms with Crippen LogP contribution in [0.1, 0.15) is 5.56 Å². The van der Waals surface area contributed by atoms with Gasteiger partial charge in [0.15, 0.2) is 0 Å². The first-order valence-electron chi connectivity index (χ1n) is 9.02. The van der Waals surface area contributed by atoms with Crippen molar-refractivity contribution >= 4 is 18.0 Å². The van der Waals surface area contributed by atoms with Crippen LogP contribution in [0.4, 0.5) is 4.79 Å². The molecule has 1 saturated heterocycles. The van der Waals surface area contributed by atoms with E-state index >= 15 is 0 Å². The lowest BCUT2D eigenvalue weighted by atomic mass is 10.1. The molecule has 154 valence electrons. The summed E-state index contributed by atoms with van der Waals surface area (Å²) < 4.78 is 5.56. The second kappa shape index (κ2) is 10.5. The van der Waals surface area contributed by atoms with E-state index in [0.717, 1.165) is 5.56 Å². The number of amides is 2. The van der Waals surface area contributed by atoms with Gasteiger partial charge < -0.3 is 30.9 Å². The van der Waals surface area contributed by atoms with Crippen LogP contribution in [0.25, 0.3) is 0 Å². The maximum atomic E-state index is 12.1. The van der Waals surface area contributed by atoms with Crippen molar-refractivity contribution in [2.45, 2.75) is 12.5 Å². The summed E-state index contributed by atoms with van der Waals surface area (Å²) in [4.78, 5) is 37.0. The third-order valence-corrected chi connectivity index (χ3v) is 4.36. The maximum Gasteiger partial charge on any atom is 0.320 e. The molecule has 1 aromatic carbocycles. The van der Waals surface area contributed by atoms with Crippen LogP contribution in [-0.4, -0.2) is 89.9 Å². The van der Waals surface area contributed by atoms with E-state index in [1.165, 1.54) is 0 Å². The number of carboxylic acids is 2. The fourth-order valence-electron chi connectivity index (χ4n) is 2.80. The van der Waals surface area contributed by atoms with Crippen molar-refractivity contribution < 1.29 is 29.3 Å². The van der Waals surface area contributed by atoms with Gasteiger partial charge in [0.2, 0.25) is 0 Å². The summed E-state index contributed by atoms with van der Waals surface area (Å²) in [6, 6.07) is 5.84. The molecule has 0 radical (unpaired) electrons. The molecule has 1 atom stereocenters. The average molecular weight is 394 g/mol. The summed E-state index contributed by atoms with van der Waals surface area (Å²) in [5.74, 6) is -1.30. The lowest BCUT2D eigenvalue weighted by molar-refractivity contribution is -0.139. The summed E-state index contributed by atoms with van der Waals surface area (Å²) in [5, 5.41) is 20.4. The molecular formula is C18H26N4O6. The highest BCUT2D eigenvalue weighted by molar-refractivity contribution is 5.74. The molecule has 2 amide bonds. The molecule has 1 heterocycles. The van der Waals surface area contributed by atoms with Crippen molar-refractivity contribution in [2.24, 2.45) is 5.73 Å². The summed E-state index contributed by atoms with van der Waals surface area (Å²) in [7, 11) is 0. The van der Waals surface area contributed by atoms with Crippen LogP contribution in [0, 0.1) is 0 Å². The summed E-state index contributed by atoms with van der Waals surface area (Å²) in [5.41, 5.74) is 6.30. The number of rotatable bonds is 9. The number of aliphatic carboxylic acids is 2. The molecule has 0 bridgehead atoms. The van der Waals surface area contributed by atoms with E-state index in [4.69, 9.17) is 20.7 Å². The molecule has 28 heavy (non-hydrogen) atoms. The Morgan fingerprint density at radius 2 is 1.75 bits per heavy atom. The molecule has 0 aliphatic carbocycles. The van der Waals surface area contributed by atoms with E-state index in [0.29, 0.717) is 45.1 Å².